The van der Waals surface area contributed by atoms with Gasteiger partial charge < -0.3 is 15.7 Å². The van der Waals surface area contributed by atoms with Crippen LogP contribution in [0.4, 0.5) is 0 Å². The van der Waals surface area contributed by atoms with E-state index >= 15 is 0 Å². The van der Waals surface area contributed by atoms with E-state index in [4.69, 9.17) is 10.8 Å². The van der Waals surface area contributed by atoms with Crippen molar-refractivity contribution in [3.05, 3.63) is 0 Å². The molecule has 1 rings (SSSR count). The molecule has 0 radical (unpaired) electrons. The zero-order valence-electron chi connectivity index (χ0n) is 8.94. The molecular weight excluding hydrogens is 180 g/mol. The van der Waals surface area contributed by atoms with Gasteiger partial charge in [0, 0.05) is 6.54 Å². The monoisotopic (exact) mass is 200 g/mol. The van der Waals surface area contributed by atoms with Gasteiger partial charge in [0.2, 0.25) is 5.91 Å². The van der Waals surface area contributed by atoms with E-state index in [-0.39, 0.29) is 24.5 Å². The Balaban J connectivity index is 2.59. The Morgan fingerprint density at radius 1 is 1.64 bits per heavy atom. The SMILES string of the molecule is CC(C)C(N)C(=O)N1CCCC1CO. The van der Waals surface area contributed by atoms with E-state index in [1.807, 2.05) is 13.8 Å². The van der Waals surface area contributed by atoms with Gasteiger partial charge in [-0.25, -0.2) is 0 Å². The minimum Gasteiger partial charge on any atom is -0.394 e. The number of carbonyl (C=O) groups excluding carboxylic acids is 1. The van der Waals surface area contributed by atoms with Gasteiger partial charge in [0.25, 0.3) is 0 Å². The molecule has 0 aromatic rings. The van der Waals surface area contributed by atoms with Crippen molar-refractivity contribution < 1.29 is 9.90 Å². The molecule has 2 unspecified atom stereocenters. The lowest BCUT2D eigenvalue weighted by Crippen LogP contribution is -2.49. The number of likely N-dealkylation sites (tertiary alicyclic amines) is 1. The number of nitrogens with zero attached hydrogens (tertiary/aromatic N) is 1. The average molecular weight is 200 g/mol. The zero-order valence-corrected chi connectivity index (χ0v) is 8.94. The molecule has 14 heavy (non-hydrogen) atoms. The van der Waals surface area contributed by atoms with Crippen molar-refractivity contribution in [2.24, 2.45) is 11.7 Å². The first-order chi connectivity index (χ1) is 6.57. The van der Waals surface area contributed by atoms with Gasteiger partial charge in [0.05, 0.1) is 18.7 Å². The minimum atomic E-state index is -0.429. The first-order valence-corrected chi connectivity index (χ1v) is 5.24. The zero-order chi connectivity index (χ0) is 10.7. The first kappa shape index (κ1) is 11.5. The van der Waals surface area contributed by atoms with Crippen molar-refractivity contribution in [2.45, 2.75) is 38.8 Å². The third kappa shape index (κ3) is 2.25. The van der Waals surface area contributed by atoms with Gasteiger partial charge in [-0.05, 0) is 18.8 Å². The van der Waals surface area contributed by atoms with Crippen molar-refractivity contribution >= 4 is 5.91 Å². The number of hydrogen-bond acceptors (Lipinski definition) is 3. The van der Waals surface area contributed by atoms with Crippen LogP contribution in [0.25, 0.3) is 0 Å². The molecule has 0 spiro atoms. The lowest BCUT2D eigenvalue weighted by atomic mass is 10.0. The summed E-state index contributed by atoms with van der Waals surface area (Å²) in [5.74, 6) is 0.138. The van der Waals surface area contributed by atoms with Gasteiger partial charge in [-0.15, -0.1) is 0 Å². The smallest absolute Gasteiger partial charge is 0.240 e. The molecule has 0 saturated carbocycles. The van der Waals surface area contributed by atoms with Gasteiger partial charge in [0.15, 0.2) is 0 Å². The highest BCUT2D eigenvalue weighted by atomic mass is 16.3. The number of carbonyl (C=O) groups is 1. The van der Waals surface area contributed by atoms with Crippen LogP contribution in [0.1, 0.15) is 26.7 Å². The Morgan fingerprint density at radius 3 is 2.79 bits per heavy atom. The van der Waals surface area contributed by atoms with E-state index in [1.165, 1.54) is 0 Å². The van der Waals surface area contributed by atoms with Crippen LogP contribution >= 0.6 is 0 Å². The Hall–Kier alpha value is -0.610. The number of nitrogens with two attached hydrogens (primary N) is 1. The Kier molecular flexibility index (Phi) is 3.89. The summed E-state index contributed by atoms with van der Waals surface area (Å²) in [6.07, 6.45) is 1.87. The van der Waals surface area contributed by atoms with Crippen LogP contribution in [0.3, 0.4) is 0 Å². The molecular formula is C10H20N2O2. The van der Waals surface area contributed by atoms with Gasteiger partial charge in [-0.2, -0.15) is 0 Å². The molecule has 1 heterocycles. The summed E-state index contributed by atoms with van der Waals surface area (Å²) in [5, 5.41) is 9.07. The highest BCUT2D eigenvalue weighted by Crippen LogP contribution is 2.18. The van der Waals surface area contributed by atoms with E-state index in [0.717, 1.165) is 19.4 Å². The maximum Gasteiger partial charge on any atom is 0.240 e. The van der Waals surface area contributed by atoms with E-state index in [2.05, 4.69) is 0 Å². The van der Waals surface area contributed by atoms with Crippen LogP contribution in [0.5, 0.6) is 0 Å². The van der Waals surface area contributed by atoms with Gasteiger partial charge in [-0.3, -0.25) is 4.79 Å². The predicted molar refractivity (Wildman–Crippen MR) is 54.6 cm³/mol. The summed E-state index contributed by atoms with van der Waals surface area (Å²) in [6.45, 7) is 4.67. The van der Waals surface area contributed by atoms with Gasteiger partial charge >= 0.3 is 0 Å². The second kappa shape index (κ2) is 4.75. The van der Waals surface area contributed by atoms with Crippen LogP contribution in [0.15, 0.2) is 0 Å². The average Bonchev–Trinajstić information content (AvgIpc) is 2.62. The summed E-state index contributed by atoms with van der Waals surface area (Å²) in [4.78, 5) is 13.6. The third-order valence-electron chi connectivity index (χ3n) is 2.87. The molecule has 0 aliphatic carbocycles. The molecule has 1 aliphatic rings. The lowest BCUT2D eigenvalue weighted by Gasteiger charge is -2.27. The first-order valence-electron chi connectivity index (χ1n) is 5.24. The van der Waals surface area contributed by atoms with Crippen LogP contribution in [-0.4, -0.2) is 41.1 Å². The maximum atomic E-state index is 11.8. The number of rotatable bonds is 3. The van der Waals surface area contributed by atoms with Crippen LogP contribution in [0.2, 0.25) is 0 Å². The predicted octanol–water partition coefficient (Wildman–Crippen LogP) is -0.0470. The number of amides is 1. The molecule has 3 N–H and O–H groups in total. The topological polar surface area (TPSA) is 66.6 Å². The minimum absolute atomic E-state index is 0.00713. The van der Waals surface area contributed by atoms with Crippen molar-refractivity contribution in [1.29, 1.82) is 0 Å². The van der Waals surface area contributed by atoms with E-state index < -0.39 is 6.04 Å². The molecule has 1 aliphatic heterocycles. The van der Waals surface area contributed by atoms with Crippen LogP contribution in [-0.2, 0) is 4.79 Å². The molecule has 0 bridgehead atoms. The van der Waals surface area contributed by atoms with Crippen LogP contribution < -0.4 is 5.73 Å². The summed E-state index contributed by atoms with van der Waals surface area (Å²) in [6, 6.07) is -0.436. The van der Waals surface area contributed by atoms with Crippen molar-refractivity contribution in [1.82, 2.24) is 4.90 Å². The Bertz CT molecular complexity index is 206. The largest absolute Gasteiger partial charge is 0.394 e. The molecule has 4 nitrogen and oxygen atoms in total. The standard InChI is InChI=1S/C10H20N2O2/c1-7(2)9(11)10(14)12-5-3-4-8(12)6-13/h7-9,13H,3-6,11H2,1-2H3. The molecule has 4 heteroatoms. The fraction of sp³-hybridized carbons (Fsp3) is 0.900. The molecule has 1 amide bonds. The van der Waals surface area contributed by atoms with E-state index in [0.29, 0.717) is 0 Å². The number of aliphatic hydroxyl groups excluding tert-OH is 1. The molecule has 1 fully saturated rings. The quantitative estimate of drug-likeness (QED) is 0.671. The molecule has 0 aromatic heterocycles. The fourth-order valence-electron chi connectivity index (χ4n) is 1.79. The Labute approximate surface area is 85.1 Å². The lowest BCUT2D eigenvalue weighted by molar-refractivity contribution is -0.135. The molecule has 0 aromatic carbocycles. The number of aliphatic hydroxyl groups is 1. The van der Waals surface area contributed by atoms with Crippen molar-refractivity contribution in [3.8, 4) is 0 Å². The molecule has 2 atom stereocenters. The fourth-order valence-corrected chi connectivity index (χ4v) is 1.79. The third-order valence-corrected chi connectivity index (χ3v) is 2.87. The Morgan fingerprint density at radius 2 is 2.29 bits per heavy atom. The molecule has 1 saturated heterocycles. The highest BCUT2D eigenvalue weighted by Gasteiger charge is 2.31. The second-order valence-electron chi connectivity index (χ2n) is 4.28. The summed E-state index contributed by atoms with van der Waals surface area (Å²) in [7, 11) is 0. The van der Waals surface area contributed by atoms with E-state index in [1.54, 1.807) is 4.90 Å². The second-order valence-corrected chi connectivity index (χ2v) is 4.28. The summed E-state index contributed by atoms with van der Waals surface area (Å²) >= 11 is 0. The maximum absolute atomic E-state index is 11.8. The van der Waals surface area contributed by atoms with Crippen molar-refractivity contribution in [3.63, 3.8) is 0 Å². The summed E-state index contributed by atoms with van der Waals surface area (Å²) in [5.41, 5.74) is 5.78. The van der Waals surface area contributed by atoms with Crippen LogP contribution in [0, 0.1) is 5.92 Å². The number of hydrogen-bond donors (Lipinski definition) is 2. The van der Waals surface area contributed by atoms with E-state index in [9.17, 15) is 4.79 Å². The van der Waals surface area contributed by atoms with Gasteiger partial charge in [-0.1, -0.05) is 13.8 Å². The van der Waals surface area contributed by atoms with Crippen molar-refractivity contribution in [2.75, 3.05) is 13.2 Å². The normalized spacial score (nSPS) is 24.4. The summed E-state index contributed by atoms with van der Waals surface area (Å²) < 4.78 is 0. The highest BCUT2D eigenvalue weighted by molar-refractivity contribution is 5.82. The van der Waals surface area contributed by atoms with Gasteiger partial charge in [0.1, 0.15) is 0 Å². The molecule has 82 valence electrons.